The fourth-order valence-corrected chi connectivity index (χ4v) is 3.51. The molecule has 0 aliphatic carbocycles. The molecule has 2 atom stereocenters. The van der Waals surface area contributed by atoms with E-state index in [1.165, 1.54) is 51.9 Å². The first-order chi connectivity index (χ1) is 9.34. The molecule has 1 aliphatic rings. The van der Waals surface area contributed by atoms with E-state index in [-0.39, 0.29) is 0 Å². The molecular weight excluding hydrogens is 246 g/mol. The molecule has 1 rings (SSSR count). The van der Waals surface area contributed by atoms with Gasteiger partial charge in [0.15, 0.2) is 0 Å². The van der Waals surface area contributed by atoms with Gasteiger partial charge in [0.1, 0.15) is 0 Å². The van der Waals surface area contributed by atoms with Crippen LogP contribution in [0.2, 0.25) is 0 Å². The van der Waals surface area contributed by atoms with Gasteiger partial charge in [-0.05, 0) is 77.2 Å². The Bertz CT molecular complexity index is 259. The Morgan fingerprint density at radius 3 is 2.50 bits per heavy atom. The number of likely N-dealkylation sites (N-methyl/N-ethyl adjacent to an activating group) is 1. The second-order valence-electron chi connectivity index (χ2n) is 7.78. The third-order valence-corrected chi connectivity index (χ3v) is 4.92. The van der Waals surface area contributed by atoms with Gasteiger partial charge >= 0.3 is 0 Å². The van der Waals surface area contributed by atoms with E-state index < -0.39 is 0 Å². The summed E-state index contributed by atoms with van der Waals surface area (Å²) < 4.78 is 0. The molecular formula is C17H37N3. The summed E-state index contributed by atoms with van der Waals surface area (Å²) in [7, 11) is 2.25. The van der Waals surface area contributed by atoms with E-state index in [9.17, 15) is 0 Å². The van der Waals surface area contributed by atoms with Crippen molar-refractivity contribution >= 4 is 0 Å². The molecule has 1 saturated heterocycles. The van der Waals surface area contributed by atoms with Crippen molar-refractivity contribution in [2.75, 3.05) is 39.8 Å². The quantitative estimate of drug-likeness (QED) is 0.813. The van der Waals surface area contributed by atoms with E-state index in [0.717, 1.165) is 12.5 Å². The lowest BCUT2D eigenvalue weighted by atomic mass is 9.76. The molecule has 1 aliphatic heterocycles. The lowest BCUT2D eigenvalue weighted by Crippen LogP contribution is -2.38. The first-order valence-corrected chi connectivity index (χ1v) is 8.47. The van der Waals surface area contributed by atoms with Gasteiger partial charge in [-0.2, -0.15) is 0 Å². The third kappa shape index (κ3) is 6.11. The molecule has 0 aromatic carbocycles. The van der Waals surface area contributed by atoms with Gasteiger partial charge in [-0.1, -0.05) is 20.8 Å². The van der Waals surface area contributed by atoms with Crippen LogP contribution in [-0.4, -0.2) is 55.6 Å². The number of nitrogens with two attached hydrogens (primary N) is 1. The highest BCUT2D eigenvalue weighted by molar-refractivity contribution is 4.78. The number of rotatable bonds is 6. The number of hydrogen-bond donors (Lipinski definition) is 1. The van der Waals surface area contributed by atoms with Gasteiger partial charge in [0, 0.05) is 12.6 Å². The van der Waals surface area contributed by atoms with Crippen LogP contribution in [0.5, 0.6) is 0 Å². The minimum atomic E-state index is 0.393. The highest BCUT2D eigenvalue weighted by atomic mass is 15.2. The van der Waals surface area contributed by atoms with Gasteiger partial charge in [0.25, 0.3) is 0 Å². The van der Waals surface area contributed by atoms with Crippen molar-refractivity contribution in [3.8, 4) is 0 Å². The molecule has 0 bridgehead atoms. The molecule has 0 aromatic rings. The summed E-state index contributed by atoms with van der Waals surface area (Å²) in [6.07, 6.45) is 5.11. The van der Waals surface area contributed by atoms with E-state index in [1.807, 2.05) is 0 Å². The van der Waals surface area contributed by atoms with Crippen molar-refractivity contribution in [2.24, 2.45) is 17.1 Å². The van der Waals surface area contributed by atoms with E-state index in [1.54, 1.807) is 0 Å². The minimum absolute atomic E-state index is 0.393. The molecule has 0 radical (unpaired) electrons. The Balaban J connectivity index is 2.37. The smallest absolute Gasteiger partial charge is 0.0194 e. The van der Waals surface area contributed by atoms with Crippen molar-refractivity contribution < 1.29 is 0 Å². The van der Waals surface area contributed by atoms with Gasteiger partial charge in [-0.15, -0.1) is 0 Å². The van der Waals surface area contributed by atoms with Crippen LogP contribution < -0.4 is 5.73 Å². The molecule has 3 heteroatoms. The topological polar surface area (TPSA) is 32.5 Å². The summed E-state index contributed by atoms with van der Waals surface area (Å²) >= 11 is 0. The predicted molar refractivity (Wildman–Crippen MR) is 89.0 cm³/mol. The Labute approximate surface area is 126 Å². The van der Waals surface area contributed by atoms with Crippen molar-refractivity contribution in [1.82, 2.24) is 9.80 Å². The first kappa shape index (κ1) is 17.9. The summed E-state index contributed by atoms with van der Waals surface area (Å²) in [6, 6.07) is 0.699. The van der Waals surface area contributed by atoms with Crippen molar-refractivity contribution in [3.05, 3.63) is 0 Å². The predicted octanol–water partition coefficient (Wildman–Crippen LogP) is 2.80. The van der Waals surface area contributed by atoms with E-state index in [0.29, 0.717) is 11.5 Å². The zero-order chi connectivity index (χ0) is 15.2. The molecule has 0 saturated carbocycles. The van der Waals surface area contributed by atoms with Crippen LogP contribution in [0.4, 0.5) is 0 Å². The highest BCUT2D eigenvalue weighted by Crippen LogP contribution is 2.32. The van der Waals surface area contributed by atoms with Crippen LogP contribution in [0.15, 0.2) is 0 Å². The van der Waals surface area contributed by atoms with Crippen LogP contribution in [0.3, 0.4) is 0 Å². The lowest BCUT2D eigenvalue weighted by Gasteiger charge is -2.32. The lowest BCUT2D eigenvalue weighted by molar-refractivity contribution is 0.171. The van der Waals surface area contributed by atoms with Crippen molar-refractivity contribution in [2.45, 2.75) is 59.4 Å². The van der Waals surface area contributed by atoms with Crippen LogP contribution >= 0.6 is 0 Å². The molecule has 0 spiro atoms. The van der Waals surface area contributed by atoms with Gasteiger partial charge in [-0.3, -0.25) is 4.90 Å². The van der Waals surface area contributed by atoms with Gasteiger partial charge in [-0.25, -0.2) is 0 Å². The fraction of sp³-hybridized carbons (Fsp3) is 1.00. The van der Waals surface area contributed by atoms with Crippen LogP contribution in [-0.2, 0) is 0 Å². The van der Waals surface area contributed by atoms with Gasteiger partial charge < -0.3 is 10.6 Å². The molecule has 120 valence electrons. The fourth-order valence-electron chi connectivity index (χ4n) is 3.51. The number of nitrogens with zero attached hydrogens (tertiary/aromatic N) is 2. The highest BCUT2D eigenvalue weighted by Gasteiger charge is 2.24. The largest absolute Gasteiger partial charge is 0.330 e. The summed E-state index contributed by atoms with van der Waals surface area (Å²) in [4.78, 5) is 5.16. The van der Waals surface area contributed by atoms with E-state index >= 15 is 0 Å². The Morgan fingerprint density at radius 2 is 1.90 bits per heavy atom. The first-order valence-electron chi connectivity index (χ1n) is 8.47. The average Bonchev–Trinajstić information content (AvgIpc) is 2.48. The van der Waals surface area contributed by atoms with E-state index in [4.69, 9.17) is 5.73 Å². The molecule has 20 heavy (non-hydrogen) atoms. The maximum Gasteiger partial charge on any atom is 0.0194 e. The summed E-state index contributed by atoms with van der Waals surface area (Å²) in [5.74, 6) is 0.762. The number of hydrogen-bond acceptors (Lipinski definition) is 3. The molecule has 1 fully saturated rings. The van der Waals surface area contributed by atoms with Crippen LogP contribution in [0.25, 0.3) is 0 Å². The monoisotopic (exact) mass is 283 g/mol. The summed E-state index contributed by atoms with van der Waals surface area (Å²) in [6.45, 7) is 15.3. The Morgan fingerprint density at radius 1 is 1.20 bits per heavy atom. The molecule has 0 amide bonds. The van der Waals surface area contributed by atoms with Crippen molar-refractivity contribution in [3.63, 3.8) is 0 Å². The van der Waals surface area contributed by atoms with Crippen molar-refractivity contribution in [1.29, 1.82) is 0 Å². The third-order valence-electron chi connectivity index (χ3n) is 4.92. The second-order valence-corrected chi connectivity index (χ2v) is 7.78. The maximum absolute atomic E-state index is 5.78. The van der Waals surface area contributed by atoms with Gasteiger partial charge in [0.2, 0.25) is 0 Å². The normalized spacial score (nSPS) is 24.6. The molecule has 2 N–H and O–H groups in total. The molecule has 2 unspecified atom stereocenters. The SMILES string of the molecule is CC1CN(C)CCCN1CCCC(CCN)C(C)(C)C. The zero-order valence-corrected chi connectivity index (χ0v) is 14.5. The Kier molecular flexibility index (Phi) is 7.49. The maximum atomic E-state index is 5.78. The van der Waals surface area contributed by atoms with E-state index in [2.05, 4.69) is 44.5 Å². The van der Waals surface area contributed by atoms with Crippen LogP contribution in [0, 0.1) is 11.3 Å². The summed E-state index contributed by atoms with van der Waals surface area (Å²) in [5.41, 5.74) is 6.18. The second kappa shape index (κ2) is 8.35. The minimum Gasteiger partial charge on any atom is -0.330 e. The molecule has 0 aromatic heterocycles. The standard InChI is InChI=1S/C17H37N3/c1-15-14-19(5)11-7-13-20(15)12-6-8-16(9-10-18)17(2,3)4/h15-16H,6-14,18H2,1-5H3. The summed E-state index contributed by atoms with van der Waals surface area (Å²) in [5, 5.41) is 0. The zero-order valence-electron chi connectivity index (χ0n) is 14.5. The molecule has 3 nitrogen and oxygen atoms in total. The van der Waals surface area contributed by atoms with Crippen LogP contribution in [0.1, 0.15) is 53.4 Å². The average molecular weight is 284 g/mol. The Hall–Kier alpha value is -0.120. The molecule has 1 heterocycles. The van der Waals surface area contributed by atoms with Gasteiger partial charge in [0.05, 0.1) is 0 Å².